The SMILES string of the molecule is Cc1cc([C@H](C)Nc2ccccc2C(N)=O)c2cc([C@H]3CCOC3)c(C#N)nc2c1. The van der Waals surface area contributed by atoms with Crippen LogP contribution in [0.5, 0.6) is 0 Å². The largest absolute Gasteiger partial charge is 0.381 e. The molecule has 0 spiro atoms. The minimum atomic E-state index is -0.469. The number of nitrogens with zero attached hydrogens (tertiary/aromatic N) is 2. The number of primary amides is 1. The van der Waals surface area contributed by atoms with Crippen molar-refractivity contribution in [1.29, 1.82) is 5.26 Å². The minimum absolute atomic E-state index is 0.102. The molecule has 6 heteroatoms. The molecule has 0 radical (unpaired) electrons. The number of hydrogen-bond donors (Lipinski definition) is 2. The Morgan fingerprint density at radius 1 is 1.33 bits per heavy atom. The number of fused-ring (bicyclic) bond motifs is 1. The summed E-state index contributed by atoms with van der Waals surface area (Å²) in [4.78, 5) is 16.5. The Bertz CT molecular complexity index is 1160. The first-order valence-electron chi connectivity index (χ1n) is 10.1. The highest BCUT2D eigenvalue weighted by atomic mass is 16.5. The molecule has 2 heterocycles. The molecule has 2 atom stereocenters. The van der Waals surface area contributed by atoms with E-state index >= 15 is 0 Å². The van der Waals surface area contributed by atoms with Crippen LogP contribution in [0.2, 0.25) is 0 Å². The van der Waals surface area contributed by atoms with Crippen LogP contribution >= 0.6 is 0 Å². The lowest BCUT2D eigenvalue weighted by Gasteiger charge is -2.21. The number of benzene rings is 2. The molecule has 0 aliphatic carbocycles. The molecule has 1 fully saturated rings. The number of carbonyl (C=O) groups is 1. The van der Waals surface area contributed by atoms with Crippen LogP contribution < -0.4 is 11.1 Å². The maximum absolute atomic E-state index is 11.8. The van der Waals surface area contributed by atoms with Gasteiger partial charge in [0.25, 0.3) is 5.91 Å². The second-order valence-electron chi connectivity index (χ2n) is 7.80. The molecule has 0 bridgehead atoms. The Labute approximate surface area is 175 Å². The third kappa shape index (κ3) is 3.72. The van der Waals surface area contributed by atoms with Gasteiger partial charge >= 0.3 is 0 Å². The van der Waals surface area contributed by atoms with Crippen molar-refractivity contribution in [1.82, 2.24) is 4.98 Å². The predicted octanol–water partition coefficient (Wildman–Crippen LogP) is 4.19. The first-order chi connectivity index (χ1) is 14.5. The molecule has 3 aromatic rings. The van der Waals surface area contributed by atoms with Gasteiger partial charge in [0, 0.05) is 29.6 Å². The van der Waals surface area contributed by atoms with Crippen molar-refractivity contribution in [3.8, 4) is 6.07 Å². The number of pyridine rings is 1. The van der Waals surface area contributed by atoms with Gasteiger partial charge in [-0.3, -0.25) is 4.79 Å². The van der Waals surface area contributed by atoms with Crippen LogP contribution in [-0.4, -0.2) is 24.1 Å². The summed E-state index contributed by atoms with van der Waals surface area (Å²) in [6.45, 7) is 5.38. The van der Waals surface area contributed by atoms with E-state index in [1.165, 1.54) is 0 Å². The van der Waals surface area contributed by atoms with Gasteiger partial charge in [-0.1, -0.05) is 18.2 Å². The summed E-state index contributed by atoms with van der Waals surface area (Å²) in [6, 6.07) is 15.6. The molecule has 3 N–H and O–H groups in total. The number of ether oxygens (including phenoxy) is 1. The van der Waals surface area contributed by atoms with E-state index < -0.39 is 5.91 Å². The topological polar surface area (TPSA) is 101 Å². The molecule has 4 rings (SSSR count). The monoisotopic (exact) mass is 400 g/mol. The van der Waals surface area contributed by atoms with Gasteiger partial charge < -0.3 is 15.8 Å². The van der Waals surface area contributed by atoms with E-state index in [9.17, 15) is 10.1 Å². The van der Waals surface area contributed by atoms with Crippen molar-refractivity contribution < 1.29 is 9.53 Å². The third-order valence-corrected chi connectivity index (χ3v) is 5.65. The zero-order chi connectivity index (χ0) is 21.3. The van der Waals surface area contributed by atoms with Gasteiger partial charge in [-0.2, -0.15) is 5.26 Å². The number of aryl methyl sites for hydroxylation is 1. The maximum atomic E-state index is 11.8. The van der Waals surface area contributed by atoms with E-state index in [2.05, 4.69) is 28.5 Å². The minimum Gasteiger partial charge on any atom is -0.381 e. The Balaban J connectivity index is 1.81. The van der Waals surface area contributed by atoms with E-state index in [4.69, 9.17) is 10.5 Å². The van der Waals surface area contributed by atoms with Crippen LogP contribution in [0.25, 0.3) is 10.9 Å². The standard InChI is InChI=1S/C24H24N4O2/c1-14-9-18(15(2)27-21-6-4-3-5-17(21)24(26)29)20-11-19(16-7-8-30-13-16)23(12-25)28-22(20)10-14/h3-6,9-11,15-16,27H,7-8,13H2,1-2H3,(H2,26,29)/t15-,16-/m0/s1. The number of aromatic nitrogens is 1. The molecule has 152 valence electrons. The van der Waals surface area contributed by atoms with Gasteiger partial charge in [-0.25, -0.2) is 4.98 Å². The van der Waals surface area contributed by atoms with E-state index in [-0.39, 0.29) is 12.0 Å². The zero-order valence-electron chi connectivity index (χ0n) is 17.1. The fourth-order valence-corrected chi connectivity index (χ4v) is 4.14. The first kappa shape index (κ1) is 19.9. The Morgan fingerprint density at radius 3 is 2.83 bits per heavy atom. The number of nitrogens with two attached hydrogens (primary N) is 1. The van der Waals surface area contributed by atoms with Crippen LogP contribution in [0.1, 0.15) is 58.0 Å². The Morgan fingerprint density at radius 2 is 2.13 bits per heavy atom. The van der Waals surface area contributed by atoms with Crippen molar-refractivity contribution in [3.63, 3.8) is 0 Å². The summed E-state index contributed by atoms with van der Waals surface area (Å²) in [6.07, 6.45) is 0.892. The fraction of sp³-hybridized carbons (Fsp3) is 0.292. The van der Waals surface area contributed by atoms with E-state index in [0.717, 1.165) is 34.0 Å². The van der Waals surface area contributed by atoms with Crippen LogP contribution in [-0.2, 0) is 4.74 Å². The lowest BCUT2D eigenvalue weighted by atomic mass is 9.92. The van der Waals surface area contributed by atoms with E-state index in [1.807, 2.05) is 32.0 Å². The molecule has 30 heavy (non-hydrogen) atoms. The summed E-state index contributed by atoms with van der Waals surface area (Å²) in [5.41, 5.74) is 11.0. The number of rotatable bonds is 5. The van der Waals surface area contributed by atoms with Gasteiger partial charge in [0.15, 0.2) is 0 Å². The summed E-state index contributed by atoms with van der Waals surface area (Å²) >= 11 is 0. The quantitative estimate of drug-likeness (QED) is 0.669. The molecule has 2 aromatic carbocycles. The molecule has 1 amide bonds. The third-order valence-electron chi connectivity index (χ3n) is 5.65. The van der Waals surface area contributed by atoms with Gasteiger partial charge in [0.2, 0.25) is 0 Å². The van der Waals surface area contributed by atoms with Crippen molar-refractivity contribution in [2.75, 3.05) is 18.5 Å². The lowest BCUT2D eigenvalue weighted by Crippen LogP contribution is -2.16. The average molecular weight is 400 g/mol. The van der Waals surface area contributed by atoms with Crippen molar-refractivity contribution in [3.05, 3.63) is 70.4 Å². The van der Waals surface area contributed by atoms with Crippen molar-refractivity contribution >= 4 is 22.5 Å². The van der Waals surface area contributed by atoms with Crippen LogP contribution in [0, 0.1) is 18.3 Å². The van der Waals surface area contributed by atoms with Crippen molar-refractivity contribution in [2.24, 2.45) is 5.73 Å². The predicted molar refractivity (Wildman–Crippen MR) is 116 cm³/mol. The van der Waals surface area contributed by atoms with Gasteiger partial charge in [0.05, 0.1) is 17.7 Å². The Hall–Kier alpha value is -3.43. The van der Waals surface area contributed by atoms with Crippen LogP contribution in [0.4, 0.5) is 5.69 Å². The number of para-hydroxylation sites is 1. The van der Waals surface area contributed by atoms with Gasteiger partial charge in [-0.15, -0.1) is 0 Å². The summed E-state index contributed by atoms with van der Waals surface area (Å²) in [7, 11) is 0. The summed E-state index contributed by atoms with van der Waals surface area (Å²) in [5.74, 6) is -0.284. The van der Waals surface area contributed by atoms with Crippen molar-refractivity contribution in [2.45, 2.75) is 32.2 Å². The number of carbonyl (C=O) groups excluding carboxylic acids is 1. The fourth-order valence-electron chi connectivity index (χ4n) is 4.14. The number of nitrogens with one attached hydrogen (secondary N) is 1. The molecule has 1 aromatic heterocycles. The van der Waals surface area contributed by atoms with Gasteiger partial charge in [-0.05, 0) is 61.2 Å². The smallest absolute Gasteiger partial charge is 0.250 e. The summed E-state index contributed by atoms with van der Waals surface area (Å²) in [5, 5.41) is 14.1. The van der Waals surface area contributed by atoms with Crippen LogP contribution in [0.3, 0.4) is 0 Å². The highest BCUT2D eigenvalue weighted by Crippen LogP contribution is 2.34. The molecule has 0 saturated carbocycles. The molecule has 0 unspecified atom stereocenters. The molecular formula is C24H24N4O2. The molecule has 6 nitrogen and oxygen atoms in total. The molecule has 1 aliphatic heterocycles. The molecule has 1 saturated heterocycles. The van der Waals surface area contributed by atoms with E-state index in [1.54, 1.807) is 12.1 Å². The maximum Gasteiger partial charge on any atom is 0.250 e. The summed E-state index contributed by atoms with van der Waals surface area (Å²) < 4.78 is 5.54. The molecular weight excluding hydrogens is 376 g/mol. The van der Waals surface area contributed by atoms with Gasteiger partial charge in [0.1, 0.15) is 11.8 Å². The van der Waals surface area contributed by atoms with E-state index in [0.29, 0.717) is 30.2 Å². The zero-order valence-corrected chi connectivity index (χ0v) is 17.1. The number of hydrogen-bond acceptors (Lipinski definition) is 5. The lowest BCUT2D eigenvalue weighted by molar-refractivity contribution is 0.100. The Kier molecular flexibility index (Phi) is 5.39. The second kappa shape index (κ2) is 8.13. The number of amides is 1. The normalized spacial score (nSPS) is 16.9. The number of anilines is 1. The highest BCUT2D eigenvalue weighted by molar-refractivity contribution is 5.98. The van der Waals surface area contributed by atoms with Crippen LogP contribution in [0.15, 0.2) is 42.5 Å². The number of nitriles is 1. The second-order valence-corrected chi connectivity index (χ2v) is 7.80. The highest BCUT2D eigenvalue weighted by Gasteiger charge is 2.23. The molecule has 1 aliphatic rings. The first-order valence-corrected chi connectivity index (χ1v) is 10.1. The average Bonchev–Trinajstić information content (AvgIpc) is 3.27.